The zero-order valence-electron chi connectivity index (χ0n) is 11.6. The van der Waals surface area contributed by atoms with Crippen molar-refractivity contribution in [1.29, 1.82) is 0 Å². The van der Waals surface area contributed by atoms with Gasteiger partial charge in [-0.05, 0) is 22.9 Å². The fourth-order valence-electron chi connectivity index (χ4n) is 2.25. The molecule has 1 heterocycles. The lowest BCUT2D eigenvalue weighted by atomic mass is 10.0. The number of nitrogens with zero attached hydrogens (tertiary/aromatic N) is 1. The van der Waals surface area contributed by atoms with Gasteiger partial charge in [0.1, 0.15) is 5.69 Å². The van der Waals surface area contributed by atoms with Crippen molar-refractivity contribution in [2.75, 3.05) is 7.11 Å². The van der Waals surface area contributed by atoms with Gasteiger partial charge in [-0.15, -0.1) is 0 Å². The van der Waals surface area contributed by atoms with Gasteiger partial charge in [-0.1, -0.05) is 48.0 Å². The number of rotatable bonds is 2. The molecule has 22 heavy (non-hydrogen) atoms. The highest BCUT2D eigenvalue weighted by atomic mass is 35.5. The van der Waals surface area contributed by atoms with Gasteiger partial charge < -0.3 is 4.74 Å². The van der Waals surface area contributed by atoms with Crippen molar-refractivity contribution < 1.29 is 13.9 Å². The zero-order valence-corrected chi connectivity index (χ0v) is 12.4. The molecular formula is C17H11ClFNO2. The van der Waals surface area contributed by atoms with E-state index in [9.17, 15) is 9.18 Å². The third-order valence-corrected chi connectivity index (χ3v) is 3.62. The van der Waals surface area contributed by atoms with Crippen LogP contribution in [-0.2, 0) is 4.74 Å². The van der Waals surface area contributed by atoms with E-state index in [-0.39, 0.29) is 16.4 Å². The third-order valence-electron chi connectivity index (χ3n) is 3.33. The Labute approximate surface area is 131 Å². The van der Waals surface area contributed by atoms with Gasteiger partial charge in [0.2, 0.25) is 0 Å². The van der Waals surface area contributed by atoms with Crippen molar-refractivity contribution in [3.63, 3.8) is 0 Å². The Morgan fingerprint density at radius 3 is 2.59 bits per heavy atom. The maximum Gasteiger partial charge on any atom is 0.358 e. The normalized spacial score (nSPS) is 10.7. The molecule has 0 bridgehead atoms. The molecule has 0 saturated heterocycles. The molecule has 3 rings (SSSR count). The van der Waals surface area contributed by atoms with Crippen LogP contribution in [0.3, 0.4) is 0 Å². The molecule has 0 spiro atoms. The number of methoxy groups -OCH3 is 1. The number of pyridine rings is 1. The number of benzene rings is 2. The van der Waals surface area contributed by atoms with Crippen molar-refractivity contribution in [2.45, 2.75) is 0 Å². The standard InChI is InChI=1S/C17H11ClFNO2/c1-22-17(21)16-13(18)9-14(19)15(20-16)12-7-6-10-4-2-3-5-11(10)8-12/h2-9H,1H3. The fraction of sp³-hybridized carbons (Fsp3) is 0.0588. The van der Waals surface area contributed by atoms with E-state index in [4.69, 9.17) is 11.6 Å². The average molecular weight is 316 g/mol. The van der Waals surface area contributed by atoms with E-state index in [0.29, 0.717) is 5.56 Å². The van der Waals surface area contributed by atoms with Crippen LogP contribution in [0.15, 0.2) is 48.5 Å². The first kappa shape index (κ1) is 14.5. The predicted molar refractivity (Wildman–Crippen MR) is 83.5 cm³/mol. The second-order valence-corrected chi connectivity index (χ2v) is 5.11. The first-order chi connectivity index (χ1) is 10.6. The van der Waals surface area contributed by atoms with E-state index in [1.165, 1.54) is 7.11 Å². The summed E-state index contributed by atoms with van der Waals surface area (Å²) in [6.45, 7) is 0. The van der Waals surface area contributed by atoms with Gasteiger partial charge in [0, 0.05) is 5.56 Å². The molecule has 0 N–H and O–H groups in total. The van der Waals surface area contributed by atoms with E-state index in [1.807, 2.05) is 36.4 Å². The number of carbonyl (C=O) groups is 1. The van der Waals surface area contributed by atoms with Crippen LogP contribution in [0.4, 0.5) is 4.39 Å². The molecule has 0 aliphatic heterocycles. The second kappa shape index (κ2) is 5.73. The van der Waals surface area contributed by atoms with Crippen LogP contribution in [-0.4, -0.2) is 18.1 Å². The van der Waals surface area contributed by atoms with Crippen molar-refractivity contribution in [1.82, 2.24) is 4.98 Å². The Balaban J connectivity index is 2.18. The minimum Gasteiger partial charge on any atom is -0.464 e. The third kappa shape index (κ3) is 2.53. The number of aromatic nitrogens is 1. The molecule has 0 aliphatic rings. The highest BCUT2D eigenvalue weighted by molar-refractivity contribution is 6.33. The SMILES string of the molecule is COC(=O)c1nc(-c2ccc3ccccc3c2)c(F)cc1Cl. The largest absolute Gasteiger partial charge is 0.464 e. The molecule has 0 unspecified atom stereocenters. The summed E-state index contributed by atoms with van der Waals surface area (Å²) in [4.78, 5) is 15.7. The van der Waals surface area contributed by atoms with E-state index < -0.39 is 11.8 Å². The van der Waals surface area contributed by atoms with Crippen LogP contribution in [0.2, 0.25) is 5.02 Å². The van der Waals surface area contributed by atoms with E-state index in [1.54, 1.807) is 6.07 Å². The van der Waals surface area contributed by atoms with Crippen LogP contribution in [0, 0.1) is 5.82 Å². The average Bonchev–Trinajstić information content (AvgIpc) is 2.54. The molecule has 110 valence electrons. The van der Waals surface area contributed by atoms with Crippen LogP contribution < -0.4 is 0 Å². The predicted octanol–water partition coefficient (Wildman–Crippen LogP) is 4.48. The summed E-state index contributed by atoms with van der Waals surface area (Å²) in [7, 11) is 1.22. The van der Waals surface area contributed by atoms with Gasteiger partial charge in [-0.3, -0.25) is 0 Å². The van der Waals surface area contributed by atoms with Gasteiger partial charge in [-0.2, -0.15) is 0 Å². The molecule has 0 atom stereocenters. The van der Waals surface area contributed by atoms with Crippen LogP contribution in [0.25, 0.3) is 22.0 Å². The molecule has 3 nitrogen and oxygen atoms in total. The van der Waals surface area contributed by atoms with Gasteiger partial charge in [-0.25, -0.2) is 14.2 Å². The molecule has 0 saturated carbocycles. The Bertz CT molecular complexity index is 880. The molecule has 0 fully saturated rings. The van der Waals surface area contributed by atoms with Crippen molar-refractivity contribution in [3.05, 3.63) is 65.1 Å². The van der Waals surface area contributed by atoms with Crippen molar-refractivity contribution in [3.8, 4) is 11.3 Å². The lowest BCUT2D eigenvalue weighted by molar-refractivity contribution is 0.0594. The summed E-state index contributed by atoms with van der Waals surface area (Å²) >= 11 is 5.85. The summed E-state index contributed by atoms with van der Waals surface area (Å²) < 4.78 is 18.8. The molecule has 2 aromatic carbocycles. The number of carbonyl (C=O) groups excluding carboxylic acids is 1. The Hall–Kier alpha value is -2.46. The van der Waals surface area contributed by atoms with Crippen molar-refractivity contribution in [2.24, 2.45) is 0 Å². The van der Waals surface area contributed by atoms with E-state index in [2.05, 4.69) is 9.72 Å². The highest BCUT2D eigenvalue weighted by Gasteiger charge is 2.18. The molecule has 0 radical (unpaired) electrons. The molecular weight excluding hydrogens is 305 g/mol. The van der Waals surface area contributed by atoms with Crippen LogP contribution in [0.5, 0.6) is 0 Å². The monoisotopic (exact) mass is 315 g/mol. The smallest absolute Gasteiger partial charge is 0.358 e. The molecule has 3 aromatic rings. The van der Waals surface area contributed by atoms with Gasteiger partial charge >= 0.3 is 5.97 Å². The van der Waals surface area contributed by atoms with E-state index in [0.717, 1.165) is 16.8 Å². The van der Waals surface area contributed by atoms with Gasteiger partial charge in [0.15, 0.2) is 11.5 Å². The Morgan fingerprint density at radius 2 is 1.86 bits per heavy atom. The fourth-order valence-corrected chi connectivity index (χ4v) is 2.46. The molecule has 0 amide bonds. The number of halogens is 2. The molecule has 5 heteroatoms. The maximum atomic E-state index is 14.2. The lowest BCUT2D eigenvalue weighted by Crippen LogP contribution is -2.07. The lowest BCUT2D eigenvalue weighted by Gasteiger charge is -2.08. The quantitative estimate of drug-likeness (QED) is 0.654. The van der Waals surface area contributed by atoms with Crippen LogP contribution >= 0.6 is 11.6 Å². The van der Waals surface area contributed by atoms with Crippen LogP contribution in [0.1, 0.15) is 10.5 Å². The summed E-state index contributed by atoms with van der Waals surface area (Å²) in [6.07, 6.45) is 0. The van der Waals surface area contributed by atoms with Gasteiger partial charge in [0.25, 0.3) is 0 Å². The first-order valence-corrected chi connectivity index (χ1v) is 6.91. The van der Waals surface area contributed by atoms with E-state index >= 15 is 0 Å². The van der Waals surface area contributed by atoms with Gasteiger partial charge in [0.05, 0.1) is 12.1 Å². The summed E-state index contributed by atoms with van der Waals surface area (Å²) in [5.41, 5.74) is 0.530. The summed E-state index contributed by atoms with van der Waals surface area (Å²) in [6, 6.07) is 14.2. The Morgan fingerprint density at radius 1 is 1.14 bits per heavy atom. The molecule has 0 aliphatic carbocycles. The number of fused-ring (bicyclic) bond motifs is 1. The summed E-state index contributed by atoms with van der Waals surface area (Å²) in [5, 5.41) is 1.92. The number of hydrogen-bond donors (Lipinski definition) is 0. The number of ether oxygens (including phenoxy) is 1. The summed E-state index contributed by atoms with van der Waals surface area (Å²) in [5.74, 6) is -1.29. The minimum atomic E-state index is -0.702. The topological polar surface area (TPSA) is 39.2 Å². The first-order valence-electron chi connectivity index (χ1n) is 6.53. The number of hydrogen-bond acceptors (Lipinski definition) is 3. The number of esters is 1. The molecule has 1 aromatic heterocycles. The minimum absolute atomic E-state index is 0.0653. The second-order valence-electron chi connectivity index (χ2n) is 4.70. The maximum absolute atomic E-state index is 14.2. The zero-order chi connectivity index (χ0) is 15.7. The Kier molecular flexibility index (Phi) is 3.77. The van der Waals surface area contributed by atoms with Crippen molar-refractivity contribution >= 4 is 28.3 Å². The highest BCUT2D eigenvalue weighted by Crippen LogP contribution is 2.28.